The van der Waals surface area contributed by atoms with Crippen molar-refractivity contribution in [1.29, 1.82) is 0 Å². The van der Waals surface area contributed by atoms with E-state index in [9.17, 15) is 35.1 Å². The molecule has 0 unspecified atom stereocenters. The van der Waals surface area contributed by atoms with Crippen LogP contribution in [0.1, 0.15) is 6.42 Å². The van der Waals surface area contributed by atoms with E-state index in [0.29, 0.717) is 0 Å². The maximum absolute atomic E-state index is 12.5. The average Bonchev–Trinajstić information content (AvgIpc) is 2.02. The third kappa shape index (κ3) is 3.09. The standard InChI is InChI=1S/C6H7F8N.ClH/c7-2-1-3(15)4(8,9)5(10,11)6(12,13)14;/h3H,1-2,15H2;1H/t3-;/m0./s1. The maximum atomic E-state index is 12.5. The average molecular weight is 282 g/mol. The first-order valence-electron chi connectivity index (χ1n) is 3.62. The highest BCUT2D eigenvalue weighted by Gasteiger charge is 2.74. The van der Waals surface area contributed by atoms with Crippen molar-refractivity contribution in [2.24, 2.45) is 5.73 Å². The molecule has 0 fully saturated rings. The van der Waals surface area contributed by atoms with Gasteiger partial charge in [-0.3, -0.25) is 4.39 Å². The molecule has 1 nitrogen and oxygen atoms in total. The van der Waals surface area contributed by atoms with Gasteiger partial charge < -0.3 is 5.73 Å². The SMILES string of the molecule is Cl.N[C@@H](CCF)C(F)(F)C(F)(F)C(F)(F)F. The Labute approximate surface area is 91.4 Å². The van der Waals surface area contributed by atoms with E-state index in [1.807, 2.05) is 0 Å². The number of alkyl halides is 8. The molecule has 0 aliphatic rings. The molecule has 0 aromatic rings. The highest BCUT2D eigenvalue weighted by molar-refractivity contribution is 5.85. The lowest BCUT2D eigenvalue weighted by molar-refractivity contribution is -0.358. The summed E-state index contributed by atoms with van der Waals surface area (Å²) < 4.78 is 95.6. The molecular formula is C6H8ClF8N. The van der Waals surface area contributed by atoms with Crippen LogP contribution in [-0.2, 0) is 0 Å². The van der Waals surface area contributed by atoms with Crippen molar-refractivity contribution < 1.29 is 35.1 Å². The summed E-state index contributed by atoms with van der Waals surface area (Å²) in [4.78, 5) is 0. The molecular weight excluding hydrogens is 274 g/mol. The first-order valence-corrected chi connectivity index (χ1v) is 3.62. The molecule has 0 saturated carbocycles. The Kier molecular flexibility index (Phi) is 6.04. The van der Waals surface area contributed by atoms with E-state index in [0.717, 1.165) is 0 Å². The van der Waals surface area contributed by atoms with Gasteiger partial charge >= 0.3 is 18.0 Å². The van der Waals surface area contributed by atoms with Crippen LogP contribution in [0.25, 0.3) is 0 Å². The van der Waals surface area contributed by atoms with E-state index in [2.05, 4.69) is 5.73 Å². The largest absolute Gasteiger partial charge is 0.459 e. The van der Waals surface area contributed by atoms with Crippen LogP contribution in [0, 0.1) is 0 Å². The fourth-order valence-electron chi connectivity index (χ4n) is 0.721. The van der Waals surface area contributed by atoms with Gasteiger partial charge in [0.2, 0.25) is 0 Å². The highest BCUT2D eigenvalue weighted by Crippen LogP contribution is 2.47. The zero-order valence-corrected chi connectivity index (χ0v) is 8.32. The minimum absolute atomic E-state index is 0. The van der Waals surface area contributed by atoms with E-state index in [-0.39, 0.29) is 12.4 Å². The Hall–Kier alpha value is -0.310. The summed E-state index contributed by atoms with van der Waals surface area (Å²) in [5.41, 5.74) is 4.37. The van der Waals surface area contributed by atoms with Crippen molar-refractivity contribution in [3.05, 3.63) is 0 Å². The number of hydrogen-bond donors (Lipinski definition) is 1. The Balaban J connectivity index is 0. The molecule has 10 heteroatoms. The topological polar surface area (TPSA) is 26.0 Å². The minimum atomic E-state index is -6.43. The zero-order valence-electron chi connectivity index (χ0n) is 7.50. The van der Waals surface area contributed by atoms with Crippen molar-refractivity contribution in [3.8, 4) is 0 Å². The molecule has 0 amide bonds. The van der Waals surface area contributed by atoms with Gasteiger partial charge in [0.1, 0.15) is 0 Å². The number of hydrogen-bond acceptors (Lipinski definition) is 1. The molecule has 1 atom stereocenters. The Morgan fingerprint density at radius 3 is 1.56 bits per heavy atom. The van der Waals surface area contributed by atoms with E-state index in [1.54, 1.807) is 0 Å². The van der Waals surface area contributed by atoms with Crippen molar-refractivity contribution in [2.45, 2.75) is 30.5 Å². The van der Waals surface area contributed by atoms with E-state index < -0.39 is 37.2 Å². The van der Waals surface area contributed by atoms with Gasteiger partial charge in [-0.25, -0.2) is 0 Å². The second kappa shape index (κ2) is 5.35. The van der Waals surface area contributed by atoms with Crippen LogP contribution in [0.3, 0.4) is 0 Å². The van der Waals surface area contributed by atoms with Crippen LogP contribution < -0.4 is 5.73 Å². The smallest absolute Gasteiger partial charge is 0.322 e. The predicted octanol–water partition coefficient (Wildman–Crippen LogP) is 2.93. The Bertz CT molecular complexity index is 215. The zero-order chi connectivity index (χ0) is 12.5. The van der Waals surface area contributed by atoms with Crippen LogP contribution in [0.2, 0.25) is 0 Å². The van der Waals surface area contributed by atoms with Gasteiger partial charge in [-0.1, -0.05) is 0 Å². The normalized spacial score (nSPS) is 15.6. The minimum Gasteiger partial charge on any atom is -0.322 e. The molecule has 0 aromatic heterocycles. The third-order valence-corrected chi connectivity index (χ3v) is 1.66. The fraction of sp³-hybridized carbons (Fsp3) is 1.00. The first kappa shape index (κ1) is 18.1. The number of nitrogens with two attached hydrogens (primary N) is 1. The van der Waals surface area contributed by atoms with Crippen LogP contribution in [0.15, 0.2) is 0 Å². The van der Waals surface area contributed by atoms with E-state index >= 15 is 0 Å². The Morgan fingerprint density at radius 1 is 0.938 bits per heavy atom. The molecule has 0 bridgehead atoms. The summed E-state index contributed by atoms with van der Waals surface area (Å²) in [5.74, 6) is -11.8. The van der Waals surface area contributed by atoms with Crippen LogP contribution in [-0.4, -0.2) is 30.7 Å². The molecule has 2 N–H and O–H groups in total. The van der Waals surface area contributed by atoms with Crippen molar-refractivity contribution in [3.63, 3.8) is 0 Å². The molecule has 0 aliphatic carbocycles. The van der Waals surface area contributed by atoms with Crippen LogP contribution in [0.5, 0.6) is 0 Å². The molecule has 0 aliphatic heterocycles. The lowest BCUT2D eigenvalue weighted by atomic mass is 10.0. The molecule has 0 heterocycles. The molecule has 0 aromatic carbocycles. The third-order valence-electron chi connectivity index (χ3n) is 1.66. The fourth-order valence-corrected chi connectivity index (χ4v) is 0.721. The Morgan fingerprint density at radius 2 is 1.31 bits per heavy atom. The molecule has 0 radical (unpaired) electrons. The molecule has 16 heavy (non-hydrogen) atoms. The monoisotopic (exact) mass is 281 g/mol. The van der Waals surface area contributed by atoms with Gasteiger partial charge in [-0.2, -0.15) is 30.7 Å². The number of rotatable bonds is 4. The summed E-state index contributed by atoms with van der Waals surface area (Å²) >= 11 is 0. The second-order valence-corrected chi connectivity index (χ2v) is 2.78. The van der Waals surface area contributed by atoms with Gasteiger partial charge in [-0.05, 0) is 6.42 Å². The molecule has 0 saturated heterocycles. The highest BCUT2D eigenvalue weighted by atomic mass is 35.5. The van der Waals surface area contributed by atoms with Gasteiger partial charge in [-0.15, -0.1) is 12.4 Å². The summed E-state index contributed by atoms with van der Waals surface area (Å²) in [5, 5.41) is 0. The summed E-state index contributed by atoms with van der Waals surface area (Å²) in [6.07, 6.45) is -7.71. The van der Waals surface area contributed by atoms with E-state index in [1.165, 1.54) is 0 Å². The van der Waals surface area contributed by atoms with Crippen LogP contribution >= 0.6 is 12.4 Å². The van der Waals surface area contributed by atoms with Gasteiger partial charge in [0.25, 0.3) is 0 Å². The molecule has 0 spiro atoms. The van der Waals surface area contributed by atoms with Gasteiger partial charge in [0, 0.05) is 0 Å². The first-order chi connectivity index (χ1) is 6.48. The van der Waals surface area contributed by atoms with Gasteiger partial charge in [0.05, 0.1) is 12.7 Å². The lowest BCUT2D eigenvalue weighted by Gasteiger charge is -2.31. The lowest BCUT2D eigenvalue weighted by Crippen LogP contribution is -2.60. The number of halogens is 9. The molecule has 100 valence electrons. The van der Waals surface area contributed by atoms with Crippen molar-refractivity contribution in [2.75, 3.05) is 6.67 Å². The van der Waals surface area contributed by atoms with Crippen molar-refractivity contribution >= 4 is 12.4 Å². The summed E-state index contributed by atoms with van der Waals surface area (Å²) in [7, 11) is 0. The predicted molar refractivity (Wildman–Crippen MR) is 41.8 cm³/mol. The summed E-state index contributed by atoms with van der Waals surface area (Å²) in [6.45, 7) is -1.51. The maximum Gasteiger partial charge on any atom is 0.459 e. The van der Waals surface area contributed by atoms with Gasteiger partial charge in [0.15, 0.2) is 0 Å². The van der Waals surface area contributed by atoms with E-state index in [4.69, 9.17) is 0 Å². The summed E-state index contributed by atoms with van der Waals surface area (Å²) in [6, 6.07) is -2.89. The molecule has 0 rings (SSSR count). The van der Waals surface area contributed by atoms with Crippen molar-refractivity contribution in [1.82, 2.24) is 0 Å². The quantitative estimate of drug-likeness (QED) is 0.788. The second-order valence-electron chi connectivity index (χ2n) is 2.78. The van der Waals surface area contributed by atoms with Crippen LogP contribution in [0.4, 0.5) is 35.1 Å².